The minimum absolute atomic E-state index is 0.0362. The standard InChI is InChI=1S/C13H15F3N4O/c14-13(15,16)11-5-3-10(4-6-11)9-12(21)18-7-1-2-8-19-20-17/h3-6H,1-2,7-9H2,(H,18,21). The number of unbranched alkanes of at least 4 members (excludes halogenated alkanes) is 1. The Bertz CT molecular complexity index is 507. The number of carbonyl (C=O) groups is 1. The number of carbonyl (C=O) groups excluding carboxylic acids is 1. The lowest BCUT2D eigenvalue weighted by molar-refractivity contribution is -0.137. The first-order valence-corrected chi connectivity index (χ1v) is 6.37. The number of nitrogens with zero attached hydrogens (tertiary/aromatic N) is 3. The second-order valence-electron chi connectivity index (χ2n) is 4.38. The molecule has 1 rings (SSSR count). The van der Waals surface area contributed by atoms with Crippen LogP contribution in [0.4, 0.5) is 13.2 Å². The number of halogens is 3. The molecule has 0 atom stereocenters. The van der Waals surface area contributed by atoms with Crippen molar-refractivity contribution >= 4 is 5.91 Å². The van der Waals surface area contributed by atoms with Crippen molar-refractivity contribution in [3.63, 3.8) is 0 Å². The third-order valence-electron chi connectivity index (χ3n) is 2.72. The number of rotatable bonds is 7. The molecule has 0 aliphatic heterocycles. The molecule has 0 fully saturated rings. The Hall–Kier alpha value is -2.21. The van der Waals surface area contributed by atoms with Gasteiger partial charge in [-0.25, -0.2) is 0 Å². The minimum atomic E-state index is -4.37. The van der Waals surface area contributed by atoms with Gasteiger partial charge in [0.2, 0.25) is 5.91 Å². The molecule has 0 saturated heterocycles. The van der Waals surface area contributed by atoms with Crippen LogP contribution in [0.15, 0.2) is 29.4 Å². The van der Waals surface area contributed by atoms with Gasteiger partial charge in [-0.2, -0.15) is 13.2 Å². The number of hydrogen-bond acceptors (Lipinski definition) is 2. The van der Waals surface area contributed by atoms with Gasteiger partial charge in [0, 0.05) is 18.0 Å². The zero-order valence-corrected chi connectivity index (χ0v) is 11.2. The maximum absolute atomic E-state index is 12.4. The van der Waals surface area contributed by atoms with Crippen molar-refractivity contribution in [3.8, 4) is 0 Å². The molecule has 0 radical (unpaired) electrons. The Morgan fingerprint density at radius 3 is 2.48 bits per heavy atom. The van der Waals surface area contributed by atoms with Gasteiger partial charge in [-0.15, -0.1) is 0 Å². The van der Waals surface area contributed by atoms with Crippen molar-refractivity contribution in [2.75, 3.05) is 13.1 Å². The molecule has 21 heavy (non-hydrogen) atoms. The Labute approximate surface area is 119 Å². The number of amides is 1. The second kappa shape index (κ2) is 8.16. The van der Waals surface area contributed by atoms with Crippen LogP contribution >= 0.6 is 0 Å². The number of nitrogens with one attached hydrogen (secondary N) is 1. The van der Waals surface area contributed by atoms with Crippen LogP contribution in [0.2, 0.25) is 0 Å². The van der Waals surface area contributed by atoms with E-state index >= 15 is 0 Å². The topological polar surface area (TPSA) is 77.9 Å². The summed E-state index contributed by atoms with van der Waals surface area (Å²) in [7, 11) is 0. The van der Waals surface area contributed by atoms with Gasteiger partial charge < -0.3 is 5.32 Å². The number of alkyl halides is 3. The van der Waals surface area contributed by atoms with Crippen LogP contribution in [-0.4, -0.2) is 19.0 Å². The maximum atomic E-state index is 12.4. The summed E-state index contributed by atoms with van der Waals surface area (Å²) in [4.78, 5) is 14.2. The average molecular weight is 300 g/mol. The fourth-order valence-corrected chi connectivity index (χ4v) is 1.64. The molecule has 0 aliphatic carbocycles. The fraction of sp³-hybridized carbons (Fsp3) is 0.462. The highest BCUT2D eigenvalue weighted by Crippen LogP contribution is 2.29. The van der Waals surface area contributed by atoms with E-state index in [0.29, 0.717) is 31.5 Å². The molecule has 1 N–H and O–H groups in total. The molecule has 1 aromatic carbocycles. The van der Waals surface area contributed by atoms with Crippen LogP contribution in [0, 0.1) is 0 Å². The zero-order valence-electron chi connectivity index (χ0n) is 11.2. The fourth-order valence-electron chi connectivity index (χ4n) is 1.64. The van der Waals surface area contributed by atoms with Gasteiger partial charge >= 0.3 is 6.18 Å². The first-order valence-electron chi connectivity index (χ1n) is 6.37. The van der Waals surface area contributed by atoms with Gasteiger partial charge in [-0.1, -0.05) is 17.2 Å². The molecule has 0 aromatic heterocycles. The zero-order chi connectivity index (χ0) is 15.7. The third-order valence-corrected chi connectivity index (χ3v) is 2.72. The van der Waals surface area contributed by atoms with Crippen molar-refractivity contribution in [3.05, 3.63) is 45.8 Å². The van der Waals surface area contributed by atoms with E-state index in [2.05, 4.69) is 15.3 Å². The highest BCUT2D eigenvalue weighted by atomic mass is 19.4. The van der Waals surface area contributed by atoms with E-state index in [1.807, 2.05) is 0 Å². The van der Waals surface area contributed by atoms with Gasteiger partial charge in [0.05, 0.1) is 12.0 Å². The lowest BCUT2D eigenvalue weighted by atomic mass is 10.1. The van der Waals surface area contributed by atoms with E-state index in [4.69, 9.17) is 5.53 Å². The Kier molecular flexibility index (Phi) is 6.55. The summed E-state index contributed by atoms with van der Waals surface area (Å²) in [6.07, 6.45) is -2.98. The molecule has 5 nitrogen and oxygen atoms in total. The molecule has 0 saturated carbocycles. The first kappa shape index (κ1) is 16.8. The highest BCUT2D eigenvalue weighted by molar-refractivity contribution is 5.78. The van der Waals surface area contributed by atoms with Gasteiger partial charge in [-0.05, 0) is 36.1 Å². The van der Waals surface area contributed by atoms with Crippen LogP contribution in [0.5, 0.6) is 0 Å². The van der Waals surface area contributed by atoms with Gasteiger partial charge in [0.25, 0.3) is 0 Å². The van der Waals surface area contributed by atoms with Crippen LogP contribution in [0.1, 0.15) is 24.0 Å². The summed E-state index contributed by atoms with van der Waals surface area (Å²) < 4.78 is 37.1. The molecule has 0 spiro atoms. The van der Waals surface area contributed by atoms with E-state index in [9.17, 15) is 18.0 Å². The van der Waals surface area contributed by atoms with E-state index in [1.165, 1.54) is 12.1 Å². The second-order valence-corrected chi connectivity index (χ2v) is 4.38. The quantitative estimate of drug-likeness (QED) is 0.356. The van der Waals surface area contributed by atoms with E-state index in [1.54, 1.807) is 0 Å². The third kappa shape index (κ3) is 6.67. The monoisotopic (exact) mass is 300 g/mol. The van der Waals surface area contributed by atoms with E-state index in [0.717, 1.165) is 12.1 Å². The SMILES string of the molecule is [N-]=[N+]=NCCCCNC(=O)Cc1ccc(C(F)(F)F)cc1. The van der Waals surface area contributed by atoms with E-state index in [-0.39, 0.29) is 12.3 Å². The van der Waals surface area contributed by atoms with Crippen molar-refractivity contribution in [2.45, 2.75) is 25.4 Å². The van der Waals surface area contributed by atoms with Crippen LogP contribution in [0.25, 0.3) is 10.4 Å². The number of azide groups is 1. The molecule has 1 amide bonds. The highest BCUT2D eigenvalue weighted by Gasteiger charge is 2.29. The van der Waals surface area contributed by atoms with Crippen LogP contribution in [-0.2, 0) is 17.4 Å². The van der Waals surface area contributed by atoms with Gasteiger partial charge in [-0.3, -0.25) is 4.79 Å². The lowest BCUT2D eigenvalue weighted by Crippen LogP contribution is -2.26. The molecule has 0 unspecified atom stereocenters. The lowest BCUT2D eigenvalue weighted by Gasteiger charge is -2.08. The largest absolute Gasteiger partial charge is 0.416 e. The molecular formula is C13H15F3N4O. The summed E-state index contributed by atoms with van der Waals surface area (Å²) in [5.74, 6) is -0.251. The molecule has 114 valence electrons. The predicted octanol–water partition coefficient (Wildman–Crippen LogP) is 3.45. The summed E-state index contributed by atoms with van der Waals surface area (Å²) >= 11 is 0. The first-order chi connectivity index (χ1) is 9.93. The Morgan fingerprint density at radius 1 is 1.24 bits per heavy atom. The number of benzene rings is 1. The number of hydrogen-bond donors (Lipinski definition) is 1. The Balaban J connectivity index is 2.33. The van der Waals surface area contributed by atoms with Crippen molar-refractivity contribution in [1.82, 2.24) is 5.32 Å². The van der Waals surface area contributed by atoms with Crippen molar-refractivity contribution in [1.29, 1.82) is 0 Å². The van der Waals surface area contributed by atoms with Gasteiger partial charge in [0.1, 0.15) is 0 Å². The van der Waals surface area contributed by atoms with Crippen LogP contribution < -0.4 is 5.32 Å². The smallest absolute Gasteiger partial charge is 0.356 e. The van der Waals surface area contributed by atoms with Crippen molar-refractivity contribution in [2.24, 2.45) is 5.11 Å². The average Bonchev–Trinajstić information content (AvgIpc) is 2.42. The Morgan fingerprint density at radius 2 is 1.90 bits per heavy atom. The summed E-state index contributed by atoms with van der Waals surface area (Å²) in [5.41, 5.74) is 7.85. The van der Waals surface area contributed by atoms with E-state index < -0.39 is 11.7 Å². The molecule has 1 aromatic rings. The summed E-state index contributed by atoms with van der Waals surface area (Å²) in [5, 5.41) is 6.02. The molecule has 0 heterocycles. The summed E-state index contributed by atoms with van der Waals surface area (Å²) in [6, 6.07) is 4.51. The minimum Gasteiger partial charge on any atom is -0.356 e. The molecule has 0 aliphatic rings. The molecule has 0 bridgehead atoms. The predicted molar refractivity (Wildman–Crippen MR) is 71.4 cm³/mol. The maximum Gasteiger partial charge on any atom is 0.416 e. The molecular weight excluding hydrogens is 285 g/mol. The van der Waals surface area contributed by atoms with Crippen LogP contribution in [0.3, 0.4) is 0 Å². The van der Waals surface area contributed by atoms with Gasteiger partial charge in [0.15, 0.2) is 0 Å². The van der Waals surface area contributed by atoms with Crippen molar-refractivity contribution < 1.29 is 18.0 Å². The normalized spacial score (nSPS) is 10.8. The molecule has 8 heteroatoms. The summed E-state index contributed by atoms with van der Waals surface area (Å²) in [6.45, 7) is 0.825.